The van der Waals surface area contributed by atoms with Crippen LogP contribution in [0.5, 0.6) is 0 Å². The lowest BCUT2D eigenvalue weighted by Gasteiger charge is -2.25. The van der Waals surface area contributed by atoms with Gasteiger partial charge in [-0.15, -0.1) is 0 Å². The van der Waals surface area contributed by atoms with Gasteiger partial charge in [0, 0.05) is 25.3 Å². The molecule has 0 spiro atoms. The van der Waals surface area contributed by atoms with Crippen molar-refractivity contribution in [3.05, 3.63) is 30.1 Å². The lowest BCUT2D eigenvalue weighted by molar-refractivity contribution is 0.477. The molecule has 0 aliphatic carbocycles. The first-order valence-corrected chi connectivity index (χ1v) is 5.87. The second-order valence-electron chi connectivity index (χ2n) is 4.65. The Kier molecular flexibility index (Phi) is 3.44. The van der Waals surface area contributed by atoms with Gasteiger partial charge in [0.25, 0.3) is 0 Å². The number of benzene rings is 1. The van der Waals surface area contributed by atoms with Crippen molar-refractivity contribution >= 4 is 5.69 Å². The van der Waals surface area contributed by atoms with Gasteiger partial charge < -0.3 is 10.2 Å². The third-order valence-electron chi connectivity index (χ3n) is 3.45. The van der Waals surface area contributed by atoms with Crippen molar-refractivity contribution in [3.63, 3.8) is 0 Å². The molecule has 0 saturated carbocycles. The maximum Gasteiger partial charge on any atom is 0.125 e. The zero-order valence-corrected chi connectivity index (χ0v) is 9.91. The monoisotopic (exact) mass is 222 g/mol. The lowest BCUT2D eigenvalue weighted by atomic mass is 10.0. The van der Waals surface area contributed by atoms with Crippen LogP contribution in [0.25, 0.3) is 0 Å². The summed E-state index contributed by atoms with van der Waals surface area (Å²) in [5.74, 6) is 0.496. The number of halogens is 1. The molecule has 16 heavy (non-hydrogen) atoms. The van der Waals surface area contributed by atoms with Crippen LogP contribution in [0, 0.1) is 11.7 Å². The highest BCUT2D eigenvalue weighted by Crippen LogP contribution is 2.20. The van der Waals surface area contributed by atoms with Crippen LogP contribution >= 0.6 is 0 Å². The Balaban J connectivity index is 1.99. The number of hydrogen-bond acceptors (Lipinski definition) is 2. The summed E-state index contributed by atoms with van der Waals surface area (Å²) in [6.07, 6.45) is 1.21. The van der Waals surface area contributed by atoms with Gasteiger partial charge in [-0.1, -0.05) is 6.07 Å². The molecular formula is C13H19FN2. The molecule has 1 aliphatic heterocycles. The van der Waals surface area contributed by atoms with E-state index in [1.54, 1.807) is 12.1 Å². The van der Waals surface area contributed by atoms with Crippen LogP contribution < -0.4 is 10.2 Å². The van der Waals surface area contributed by atoms with Crippen LogP contribution in [0.1, 0.15) is 13.3 Å². The number of nitrogens with zero attached hydrogens (tertiary/aromatic N) is 1. The molecule has 2 nitrogen and oxygen atoms in total. The second-order valence-corrected chi connectivity index (χ2v) is 4.65. The van der Waals surface area contributed by atoms with E-state index in [9.17, 15) is 4.39 Å². The smallest absolute Gasteiger partial charge is 0.125 e. The third kappa shape index (κ3) is 2.53. The van der Waals surface area contributed by atoms with Gasteiger partial charge in [0.15, 0.2) is 0 Å². The zero-order chi connectivity index (χ0) is 11.5. The summed E-state index contributed by atoms with van der Waals surface area (Å²) >= 11 is 0. The standard InChI is InChI=1S/C13H19FN2/c1-10-11(6-7-15-10)9-16(2)13-5-3-4-12(14)8-13/h3-5,8,10-11,15H,6-7,9H2,1-2H3. The van der Waals surface area contributed by atoms with E-state index >= 15 is 0 Å². The minimum Gasteiger partial charge on any atom is -0.374 e. The van der Waals surface area contributed by atoms with Crippen LogP contribution in [0.2, 0.25) is 0 Å². The number of nitrogens with one attached hydrogen (secondary N) is 1. The summed E-state index contributed by atoms with van der Waals surface area (Å²) in [6.45, 7) is 4.30. The molecule has 1 aromatic carbocycles. The lowest BCUT2D eigenvalue weighted by Crippen LogP contribution is -2.32. The predicted octanol–water partition coefficient (Wildman–Crippen LogP) is 2.26. The Morgan fingerprint density at radius 3 is 2.94 bits per heavy atom. The van der Waals surface area contributed by atoms with Gasteiger partial charge in [-0.25, -0.2) is 4.39 Å². The topological polar surface area (TPSA) is 15.3 Å². The predicted molar refractivity (Wildman–Crippen MR) is 65.2 cm³/mol. The molecule has 2 atom stereocenters. The van der Waals surface area contributed by atoms with Gasteiger partial charge in [-0.05, 0) is 44.0 Å². The molecule has 0 radical (unpaired) electrons. The molecule has 1 fully saturated rings. The van der Waals surface area contributed by atoms with E-state index in [2.05, 4.69) is 17.1 Å². The maximum atomic E-state index is 13.1. The van der Waals surface area contributed by atoms with Crippen molar-refractivity contribution in [2.75, 3.05) is 25.0 Å². The van der Waals surface area contributed by atoms with Gasteiger partial charge in [0.2, 0.25) is 0 Å². The van der Waals surface area contributed by atoms with E-state index in [-0.39, 0.29) is 5.82 Å². The quantitative estimate of drug-likeness (QED) is 0.844. The number of anilines is 1. The van der Waals surface area contributed by atoms with Crippen molar-refractivity contribution in [1.82, 2.24) is 5.32 Å². The van der Waals surface area contributed by atoms with Crippen molar-refractivity contribution < 1.29 is 4.39 Å². The average molecular weight is 222 g/mol. The minimum atomic E-state index is -0.165. The Labute approximate surface area is 96.5 Å². The van der Waals surface area contributed by atoms with Crippen LogP contribution in [0.15, 0.2) is 24.3 Å². The average Bonchev–Trinajstić information content (AvgIpc) is 2.64. The molecule has 1 saturated heterocycles. The van der Waals surface area contributed by atoms with E-state index < -0.39 is 0 Å². The Hall–Kier alpha value is -1.09. The van der Waals surface area contributed by atoms with E-state index in [1.165, 1.54) is 12.5 Å². The van der Waals surface area contributed by atoms with Crippen LogP contribution in [0.4, 0.5) is 10.1 Å². The first-order valence-electron chi connectivity index (χ1n) is 5.87. The fraction of sp³-hybridized carbons (Fsp3) is 0.538. The first-order chi connectivity index (χ1) is 7.66. The van der Waals surface area contributed by atoms with Crippen molar-refractivity contribution in [1.29, 1.82) is 0 Å². The SMILES string of the molecule is CC1NCCC1CN(C)c1cccc(F)c1. The summed E-state index contributed by atoms with van der Waals surface area (Å²) in [7, 11) is 2.03. The van der Waals surface area contributed by atoms with Crippen LogP contribution in [-0.2, 0) is 0 Å². The highest BCUT2D eigenvalue weighted by atomic mass is 19.1. The fourth-order valence-electron chi connectivity index (χ4n) is 2.33. The maximum absolute atomic E-state index is 13.1. The van der Waals surface area contributed by atoms with Gasteiger partial charge >= 0.3 is 0 Å². The van der Waals surface area contributed by atoms with E-state index in [4.69, 9.17) is 0 Å². The van der Waals surface area contributed by atoms with Gasteiger partial charge in [0.05, 0.1) is 0 Å². The molecule has 0 amide bonds. The Morgan fingerprint density at radius 2 is 2.31 bits per heavy atom. The van der Waals surface area contributed by atoms with E-state index in [1.807, 2.05) is 13.1 Å². The Bertz CT molecular complexity index is 354. The normalized spacial score (nSPS) is 24.7. The molecule has 1 N–H and O–H groups in total. The molecule has 1 aliphatic rings. The zero-order valence-electron chi connectivity index (χ0n) is 9.91. The molecule has 1 heterocycles. The summed E-state index contributed by atoms with van der Waals surface area (Å²) in [4.78, 5) is 2.14. The molecule has 3 heteroatoms. The molecular weight excluding hydrogens is 203 g/mol. The molecule has 2 rings (SSSR count). The van der Waals surface area contributed by atoms with Gasteiger partial charge in [-0.3, -0.25) is 0 Å². The highest BCUT2D eigenvalue weighted by Gasteiger charge is 2.23. The Morgan fingerprint density at radius 1 is 1.50 bits per heavy atom. The fourth-order valence-corrected chi connectivity index (χ4v) is 2.33. The van der Waals surface area contributed by atoms with Crippen molar-refractivity contribution in [2.24, 2.45) is 5.92 Å². The molecule has 1 aromatic rings. The molecule has 2 unspecified atom stereocenters. The second kappa shape index (κ2) is 4.83. The number of rotatable bonds is 3. The first kappa shape index (κ1) is 11.4. The van der Waals surface area contributed by atoms with Crippen molar-refractivity contribution in [3.8, 4) is 0 Å². The third-order valence-corrected chi connectivity index (χ3v) is 3.45. The van der Waals surface area contributed by atoms with Crippen LogP contribution in [-0.4, -0.2) is 26.2 Å². The molecule has 88 valence electrons. The van der Waals surface area contributed by atoms with Gasteiger partial charge in [0.1, 0.15) is 5.82 Å². The van der Waals surface area contributed by atoms with Crippen LogP contribution in [0.3, 0.4) is 0 Å². The summed E-state index contributed by atoms with van der Waals surface area (Å²) in [5, 5.41) is 3.44. The van der Waals surface area contributed by atoms with E-state index in [0.717, 1.165) is 18.8 Å². The van der Waals surface area contributed by atoms with E-state index in [0.29, 0.717) is 12.0 Å². The van der Waals surface area contributed by atoms with Crippen molar-refractivity contribution in [2.45, 2.75) is 19.4 Å². The summed E-state index contributed by atoms with van der Waals surface area (Å²) < 4.78 is 13.1. The molecule has 0 aromatic heterocycles. The minimum absolute atomic E-state index is 0.165. The number of hydrogen-bond donors (Lipinski definition) is 1. The molecule has 0 bridgehead atoms. The highest BCUT2D eigenvalue weighted by molar-refractivity contribution is 5.45. The summed E-state index contributed by atoms with van der Waals surface area (Å²) in [5.41, 5.74) is 0.958. The van der Waals surface area contributed by atoms with Gasteiger partial charge in [-0.2, -0.15) is 0 Å². The largest absolute Gasteiger partial charge is 0.374 e. The summed E-state index contributed by atoms with van der Waals surface area (Å²) in [6, 6.07) is 7.36.